The van der Waals surface area contributed by atoms with Gasteiger partial charge in [0, 0.05) is 117 Å². The Morgan fingerprint density at radius 2 is 0.758 bits per heavy atom. The van der Waals surface area contributed by atoms with E-state index in [1.165, 1.54) is 64.4 Å². The number of sulfonamides is 1. The van der Waals surface area contributed by atoms with Crippen LogP contribution in [0.25, 0.3) is 89.2 Å². The van der Waals surface area contributed by atoms with Gasteiger partial charge in [-0.25, -0.2) is 48.3 Å². The fourth-order valence-electron chi connectivity index (χ4n) is 18.0. The Hall–Kier alpha value is -12.4. The van der Waals surface area contributed by atoms with E-state index in [-0.39, 0.29) is 48.3 Å². The number of aromatic amines is 4. The van der Waals surface area contributed by atoms with Crippen molar-refractivity contribution in [1.29, 1.82) is 21.0 Å². The Morgan fingerprint density at radius 1 is 0.450 bits per heavy atom. The van der Waals surface area contributed by atoms with Gasteiger partial charge in [0.1, 0.15) is 47.9 Å². The lowest BCUT2D eigenvalue weighted by Gasteiger charge is -2.26. The van der Waals surface area contributed by atoms with E-state index in [4.69, 9.17) is 19.7 Å². The number of aromatic nitrogens is 20. The lowest BCUT2D eigenvalue weighted by molar-refractivity contribution is -0.118. The molecule has 12 aromatic heterocycles. The van der Waals surface area contributed by atoms with E-state index in [1.807, 2.05) is 69.3 Å². The fraction of sp³-hybridized carbons (Fsp3) is 0.494. The number of carbonyl (C=O) groups excluding carboxylic acids is 2. The van der Waals surface area contributed by atoms with Crippen LogP contribution >= 0.6 is 0 Å². The normalized spacial score (nSPS) is 17.4. The van der Waals surface area contributed by atoms with Gasteiger partial charge >= 0.3 is 0 Å². The molecule has 8 N–H and O–H groups in total. The highest BCUT2D eigenvalue weighted by Gasteiger charge is 2.35. The third-order valence-corrected chi connectivity index (χ3v) is 24.4. The van der Waals surface area contributed by atoms with E-state index in [2.05, 4.69) is 131 Å². The number of rotatable bonds is 26. The highest BCUT2D eigenvalue weighted by Crippen LogP contribution is 2.44. The van der Waals surface area contributed by atoms with Crippen LogP contribution in [-0.2, 0) is 29.1 Å². The highest BCUT2D eigenvalue weighted by atomic mass is 32.2. The van der Waals surface area contributed by atoms with E-state index < -0.39 is 10.0 Å². The van der Waals surface area contributed by atoms with Gasteiger partial charge < -0.3 is 45.4 Å². The van der Waals surface area contributed by atoms with Crippen LogP contribution in [0.2, 0.25) is 0 Å². The predicted molar refractivity (Wildman–Crippen MR) is 450 cm³/mol. The maximum Gasteiger partial charge on any atom is 0.239 e. The van der Waals surface area contributed by atoms with Crippen LogP contribution in [0.4, 0.5) is 23.3 Å². The number of hydrogen-bond acceptors (Lipinski definition) is 25. The summed E-state index contributed by atoms with van der Waals surface area (Å²) in [5.41, 5.74) is 8.78. The molecule has 14 heterocycles. The van der Waals surface area contributed by atoms with Crippen molar-refractivity contribution in [3.8, 4) is 69.3 Å². The number of carbonyl (C=O) groups is 2. The second kappa shape index (κ2) is 39.0. The van der Waals surface area contributed by atoms with E-state index in [0.717, 1.165) is 190 Å². The van der Waals surface area contributed by atoms with Gasteiger partial charge in [-0.15, -0.1) is 0 Å². The second-order valence-corrected chi connectivity index (χ2v) is 33.4. The van der Waals surface area contributed by atoms with Crippen molar-refractivity contribution < 1.29 is 27.5 Å². The van der Waals surface area contributed by atoms with Crippen LogP contribution in [-0.4, -0.2) is 207 Å². The summed E-state index contributed by atoms with van der Waals surface area (Å²) >= 11 is 0. The first-order valence-electron chi connectivity index (χ1n) is 41.6. The molecule has 0 spiro atoms. The summed E-state index contributed by atoms with van der Waals surface area (Å²) in [5, 5.41) is 69.4. The minimum atomic E-state index is -3.53. The molecule has 0 bridgehead atoms. The third kappa shape index (κ3) is 19.6. The van der Waals surface area contributed by atoms with Crippen LogP contribution in [0.15, 0.2) is 99.1 Å². The van der Waals surface area contributed by atoms with Gasteiger partial charge in [-0.1, -0.05) is 51.4 Å². The molecule has 2 aliphatic heterocycles. The molecule has 6 fully saturated rings. The quantitative estimate of drug-likeness (QED) is 0.0250. The molecule has 6 aliphatic rings. The summed E-state index contributed by atoms with van der Waals surface area (Å²) < 4.78 is 44.6. The first kappa shape index (κ1) is 82.7. The summed E-state index contributed by atoms with van der Waals surface area (Å²) in [6.45, 7) is 9.71. The smallest absolute Gasteiger partial charge is 0.239 e. The predicted octanol–water partition coefficient (Wildman–Crippen LogP) is 12.2. The zero-order chi connectivity index (χ0) is 82.9. The number of nitriles is 4. The van der Waals surface area contributed by atoms with Crippen LogP contribution in [0, 0.1) is 69.0 Å². The first-order valence-corrected chi connectivity index (χ1v) is 43.5. The summed E-state index contributed by atoms with van der Waals surface area (Å²) in [7, 11) is -3.53. The van der Waals surface area contributed by atoms with Crippen molar-refractivity contribution >= 4 is 89.2 Å². The van der Waals surface area contributed by atoms with E-state index >= 15 is 0 Å². The number of fused-ring (bicyclic) bond motifs is 4. The Bertz CT molecular complexity index is 5770. The number of hydrogen-bond donors (Lipinski definition) is 8. The van der Waals surface area contributed by atoms with E-state index in [9.17, 15) is 39.1 Å². The SMILES string of the molecule is CC(=O)Nc1nn(C(CC#N)C2CCCC2)cc1-c1ncnc2[nH]ccc12.CS(=O)(=O)Nc1nn(C(CC#N)C2CCCC2)cc1-c1ncnc2[nH]ccc12.N#CCC(C1CCCC1)n1cc(-c2ncnc3[nH]ccc23)c(NC(=O)CN2CCOCC2)n1.N#CCC(C1CCCC1)n1cc(-c2ncnc3[nH]ccc23)c(NCCN2CCOCC2)n1. The number of morpholine rings is 2. The lowest BCUT2D eigenvalue weighted by Crippen LogP contribution is -2.41. The van der Waals surface area contributed by atoms with E-state index in [0.29, 0.717) is 102 Å². The third-order valence-electron chi connectivity index (χ3n) is 23.8. The minimum absolute atomic E-state index is 0.00214. The Morgan fingerprint density at radius 3 is 1.09 bits per heavy atom. The number of nitrogens with zero attached hydrogens (tertiary/aromatic N) is 22. The molecule has 0 aromatic carbocycles. The van der Waals surface area contributed by atoms with Crippen LogP contribution in [0.5, 0.6) is 0 Å². The molecule has 37 heteroatoms. The number of H-pyrrole nitrogens is 4. The van der Waals surface area contributed by atoms with Crippen molar-refractivity contribution in [2.75, 3.05) is 99.2 Å². The standard InChI is InChI=1S/C23H28N8O2.C23H30N8O.C19H21N7O.C18H21N7O2S/c24-7-5-19(16-3-1-2-4-16)31-13-18(21-17-6-8-25-22(17)27-15-26-21)23(29-31)28-20(32)14-30-9-11-33-12-10-30;24-7-5-20(17-3-1-2-4-17)31-15-19(21-18-6-8-25-22(18)28-16-27-21)23(29-31)26-9-10-30-11-13-32-14-12-30;1-12(27)24-19-15(17-14-7-9-21-18(14)23-11-22-17)10-26(25-19)16(6-8-20)13-4-2-3-5-13;1-28(26,27)24-18-14(16-13-7-9-20-17(13)22-11-21-16)10-25(23-18)15(6-8-19)12-4-2-3-5-12/h6,8,13,15-16,19H,1-5,9-12,14H2,(H,25,26,27)(H,28,29,32);6,8,15-17,20H,1-5,9-14H2,(H,26,29)(H,25,27,28);7,9-11,13,16H,2-6H2,1H3,(H,21,22,23)(H,24,25,27);7,9-12,15H,2-6H2,1H3,(H,23,24)(H,20,21,22). The van der Waals surface area contributed by atoms with Gasteiger partial charge in [0.2, 0.25) is 21.8 Å². The molecule has 4 unspecified atom stereocenters. The van der Waals surface area contributed by atoms with Crippen molar-refractivity contribution in [3.05, 3.63) is 99.1 Å². The summed E-state index contributed by atoms with van der Waals surface area (Å²) in [6, 6.07) is 16.9. The molecular weight excluding hydrogens is 1550 g/mol. The molecule has 2 saturated heterocycles. The number of ether oxygens (including phenoxy) is 2. The number of anilines is 4. The molecule has 4 saturated carbocycles. The summed E-state index contributed by atoms with van der Waals surface area (Å²) in [4.78, 5) is 76.5. The summed E-state index contributed by atoms with van der Waals surface area (Å²) in [6.07, 6.45) is 42.0. The lowest BCUT2D eigenvalue weighted by atomic mass is 9.96. The second-order valence-electron chi connectivity index (χ2n) is 31.6. The molecule has 0 radical (unpaired) electrons. The number of amides is 2. The van der Waals surface area contributed by atoms with Gasteiger partial charge in [-0.05, 0) is 99.3 Å². The van der Waals surface area contributed by atoms with Gasteiger partial charge in [0.15, 0.2) is 23.3 Å². The molecule has 4 aliphatic carbocycles. The Kier molecular flexibility index (Phi) is 26.9. The van der Waals surface area contributed by atoms with Gasteiger partial charge in [0.25, 0.3) is 0 Å². The Labute approximate surface area is 693 Å². The zero-order valence-corrected chi connectivity index (χ0v) is 68.3. The largest absolute Gasteiger partial charge is 0.379 e. The topological polar surface area (TPSA) is 474 Å². The molecule has 624 valence electrons. The molecular formula is C83H100N30O6S. The first-order chi connectivity index (χ1) is 58.7. The highest BCUT2D eigenvalue weighted by molar-refractivity contribution is 7.92. The minimum Gasteiger partial charge on any atom is -0.379 e. The van der Waals surface area contributed by atoms with Crippen molar-refractivity contribution in [3.63, 3.8) is 0 Å². The van der Waals surface area contributed by atoms with Crippen LogP contribution in [0.1, 0.15) is 160 Å². The monoisotopic (exact) mass is 1640 g/mol. The molecule has 2 amide bonds. The van der Waals surface area contributed by atoms with Gasteiger partial charge in [0.05, 0.1) is 158 Å². The molecule has 12 aromatic rings. The average molecular weight is 1650 g/mol. The zero-order valence-electron chi connectivity index (χ0n) is 67.5. The maximum absolute atomic E-state index is 12.9. The van der Waals surface area contributed by atoms with Crippen molar-refractivity contribution in [2.45, 2.75) is 160 Å². The average Bonchev–Trinajstić information content (AvgIpc) is 1.67. The molecule has 120 heavy (non-hydrogen) atoms. The fourth-order valence-corrected chi connectivity index (χ4v) is 18.5. The van der Waals surface area contributed by atoms with Crippen molar-refractivity contribution in [1.82, 2.24) is 109 Å². The van der Waals surface area contributed by atoms with Crippen LogP contribution < -0.4 is 20.7 Å². The van der Waals surface area contributed by atoms with Crippen molar-refractivity contribution in [2.24, 2.45) is 23.7 Å². The van der Waals surface area contributed by atoms with Gasteiger partial charge in [-0.2, -0.15) is 41.4 Å². The van der Waals surface area contributed by atoms with Gasteiger partial charge in [-0.3, -0.25) is 42.8 Å². The molecule has 36 nitrogen and oxygen atoms in total. The molecule has 18 rings (SSSR count). The molecule has 4 atom stereocenters. The number of nitrogens with one attached hydrogen (secondary N) is 8. The Balaban J connectivity index is 0.000000125. The van der Waals surface area contributed by atoms with E-state index in [1.54, 1.807) is 23.4 Å². The summed E-state index contributed by atoms with van der Waals surface area (Å²) in [5.74, 6) is 3.34. The maximum atomic E-state index is 12.9. The van der Waals surface area contributed by atoms with Crippen LogP contribution in [0.3, 0.4) is 0 Å².